The number of thiophene rings is 1. The highest BCUT2D eigenvalue weighted by atomic mass is 32.1. The zero-order valence-corrected chi connectivity index (χ0v) is 20.8. The maximum atomic E-state index is 13.3. The molecule has 2 amide bonds. The fourth-order valence-corrected chi connectivity index (χ4v) is 5.40. The first kappa shape index (κ1) is 24.0. The van der Waals surface area contributed by atoms with Gasteiger partial charge >= 0.3 is 0 Å². The molecule has 34 heavy (non-hydrogen) atoms. The van der Waals surface area contributed by atoms with Gasteiger partial charge in [-0.2, -0.15) is 16.4 Å². The smallest absolute Gasteiger partial charge is 0.274 e. The van der Waals surface area contributed by atoms with Crippen LogP contribution in [0.2, 0.25) is 0 Å². The van der Waals surface area contributed by atoms with Crippen molar-refractivity contribution in [3.05, 3.63) is 70.2 Å². The van der Waals surface area contributed by atoms with Crippen molar-refractivity contribution in [2.75, 3.05) is 27.2 Å². The second kappa shape index (κ2) is 10.9. The van der Waals surface area contributed by atoms with Gasteiger partial charge in [0.2, 0.25) is 5.91 Å². The van der Waals surface area contributed by atoms with Gasteiger partial charge in [-0.15, -0.1) is 0 Å². The van der Waals surface area contributed by atoms with Gasteiger partial charge in [-0.25, -0.2) is 0 Å². The van der Waals surface area contributed by atoms with E-state index in [0.29, 0.717) is 25.2 Å². The van der Waals surface area contributed by atoms with Crippen LogP contribution in [0.1, 0.15) is 34.5 Å². The number of nitrogens with zero attached hydrogens (tertiary/aromatic N) is 4. The maximum Gasteiger partial charge on any atom is 0.274 e. The van der Waals surface area contributed by atoms with Gasteiger partial charge in [0.1, 0.15) is 11.4 Å². The number of carbonyl (C=O) groups excluding carboxylic acids is 2. The minimum absolute atomic E-state index is 0.00395. The molecule has 1 unspecified atom stereocenters. The summed E-state index contributed by atoms with van der Waals surface area (Å²) in [7, 11) is 5.35. The van der Waals surface area contributed by atoms with Crippen LogP contribution in [-0.2, 0) is 24.7 Å². The Labute approximate surface area is 204 Å². The summed E-state index contributed by atoms with van der Waals surface area (Å²) in [6, 6.07) is 11.8. The molecule has 0 aliphatic carbocycles. The highest BCUT2D eigenvalue weighted by Crippen LogP contribution is 2.28. The molecule has 2 aromatic heterocycles. The monoisotopic (exact) mass is 480 g/mol. The van der Waals surface area contributed by atoms with Gasteiger partial charge in [-0.3, -0.25) is 14.3 Å². The van der Waals surface area contributed by atoms with Crippen LogP contribution in [0.25, 0.3) is 0 Å². The van der Waals surface area contributed by atoms with Gasteiger partial charge in [0, 0.05) is 39.4 Å². The van der Waals surface area contributed by atoms with Gasteiger partial charge in [0.25, 0.3) is 5.91 Å². The van der Waals surface area contributed by atoms with E-state index in [0.717, 1.165) is 36.1 Å². The Kier molecular flexibility index (Phi) is 7.67. The molecule has 0 N–H and O–H groups in total. The summed E-state index contributed by atoms with van der Waals surface area (Å²) in [4.78, 5) is 29.9. The Morgan fingerprint density at radius 1 is 1.21 bits per heavy atom. The minimum Gasteiger partial charge on any atom is -0.497 e. The molecule has 3 aromatic rings. The number of likely N-dealkylation sites (N-methyl/N-ethyl adjacent to an activating group) is 1. The first-order valence-electron chi connectivity index (χ1n) is 11.6. The van der Waals surface area contributed by atoms with Crippen LogP contribution >= 0.6 is 11.3 Å². The van der Waals surface area contributed by atoms with E-state index in [1.165, 1.54) is 0 Å². The molecule has 0 radical (unpaired) electrons. The van der Waals surface area contributed by atoms with Gasteiger partial charge in [-0.05, 0) is 71.3 Å². The number of benzene rings is 1. The van der Waals surface area contributed by atoms with E-state index in [-0.39, 0.29) is 23.8 Å². The second-order valence-electron chi connectivity index (χ2n) is 8.94. The molecule has 0 bridgehead atoms. The Morgan fingerprint density at radius 3 is 2.65 bits per heavy atom. The van der Waals surface area contributed by atoms with Crippen LogP contribution in [0.15, 0.2) is 53.4 Å². The number of likely N-dealkylation sites (tertiary alicyclic amines) is 1. The molecular weight excluding hydrogens is 448 g/mol. The fraction of sp³-hybridized carbons (Fsp3) is 0.423. The lowest BCUT2D eigenvalue weighted by atomic mass is 9.84. The molecule has 8 heteroatoms. The summed E-state index contributed by atoms with van der Waals surface area (Å²) in [6.07, 6.45) is 4.70. The maximum absolute atomic E-state index is 13.3. The molecule has 3 heterocycles. The van der Waals surface area contributed by atoms with Crippen LogP contribution in [0.4, 0.5) is 0 Å². The second-order valence-corrected chi connectivity index (χ2v) is 9.72. The SMILES string of the molecule is COc1cccc(CC(C2CCN(C(=O)Cc3ccsc3)CC2)N(C)C(=O)c2ccn(C)n2)c1. The molecule has 0 saturated carbocycles. The lowest BCUT2D eigenvalue weighted by molar-refractivity contribution is -0.132. The normalized spacial score (nSPS) is 15.2. The minimum atomic E-state index is -0.0792. The number of rotatable bonds is 8. The molecule has 0 spiro atoms. The van der Waals surface area contributed by atoms with Crippen molar-refractivity contribution in [1.82, 2.24) is 19.6 Å². The Hall–Kier alpha value is -3.13. The number of aryl methyl sites for hydroxylation is 1. The van der Waals surface area contributed by atoms with Crippen LogP contribution in [0, 0.1) is 5.92 Å². The number of ether oxygens (including phenoxy) is 1. The average molecular weight is 481 g/mol. The molecule has 1 aliphatic heterocycles. The van der Waals surface area contributed by atoms with Crippen molar-refractivity contribution in [2.45, 2.75) is 31.7 Å². The molecular formula is C26H32N4O3S. The van der Waals surface area contributed by atoms with Crippen molar-refractivity contribution < 1.29 is 14.3 Å². The third kappa shape index (κ3) is 5.67. The molecule has 1 saturated heterocycles. The Balaban J connectivity index is 1.48. The van der Waals surface area contributed by atoms with E-state index in [2.05, 4.69) is 11.2 Å². The van der Waals surface area contributed by atoms with Crippen molar-refractivity contribution in [3.8, 4) is 5.75 Å². The van der Waals surface area contributed by atoms with Crippen LogP contribution in [0.3, 0.4) is 0 Å². The van der Waals surface area contributed by atoms with Crippen molar-refractivity contribution in [2.24, 2.45) is 13.0 Å². The molecule has 1 fully saturated rings. The number of methoxy groups -OCH3 is 1. The topological polar surface area (TPSA) is 67.7 Å². The molecule has 1 atom stereocenters. The average Bonchev–Trinajstić information content (AvgIpc) is 3.53. The highest BCUT2D eigenvalue weighted by Gasteiger charge is 2.33. The standard InChI is InChI=1S/C26H32N4O3S/c1-28-11-9-23(27-28)26(32)29(2)24(16-19-5-4-6-22(15-19)33-3)21-7-12-30(13-8-21)25(31)17-20-10-14-34-18-20/h4-6,9-11,14-15,18,21,24H,7-8,12-13,16-17H2,1-3H3. The van der Waals surface area contributed by atoms with E-state index >= 15 is 0 Å². The molecule has 180 valence electrons. The summed E-state index contributed by atoms with van der Waals surface area (Å²) in [5, 5.41) is 8.36. The van der Waals surface area contributed by atoms with E-state index in [1.54, 1.807) is 35.4 Å². The van der Waals surface area contributed by atoms with Gasteiger partial charge in [-0.1, -0.05) is 12.1 Å². The summed E-state index contributed by atoms with van der Waals surface area (Å²) in [6.45, 7) is 1.43. The highest BCUT2D eigenvalue weighted by molar-refractivity contribution is 7.08. The third-order valence-corrected chi connectivity index (χ3v) is 7.43. The van der Waals surface area contributed by atoms with Crippen LogP contribution < -0.4 is 4.74 Å². The fourth-order valence-electron chi connectivity index (χ4n) is 4.73. The quantitative estimate of drug-likeness (QED) is 0.494. The van der Waals surface area contributed by atoms with Crippen LogP contribution in [0.5, 0.6) is 5.75 Å². The van der Waals surface area contributed by atoms with E-state index in [4.69, 9.17) is 4.74 Å². The number of carbonyl (C=O) groups is 2. The zero-order valence-electron chi connectivity index (χ0n) is 20.0. The number of hydrogen-bond donors (Lipinski definition) is 0. The number of amides is 2. The first-order chi connectivity index (χ1) is 16.4. The summed E-state index contributed by atoms with van der Waals surface area (Å²) >= 11 is 1.62. The summed E-state index contributed by atoms with van der Waals surface area (Å²) in [5.41, 5.74) is 2.65. The molecule has 4 rings (SSSR count). The Bertz CT molecular complexity index is 1100. The number of hydrogen-bond acceptors (Lipinski definition) is 5. The molecule has 1 aliphatic rings. The van der Waals surface area contributed by atoms with Gasteiger partial charge in [0.05, 0.1) is 13.5 Å². The van der Waals surface area contributed by atoms with E-state index in [9.17, 15) is 9.59 Å². The predicted octanol–water partition coefficient (Wildman–Crippen LogP) is 3.65. The largest absolute Gasteiger partial charge is 0.497 e. The summed E-state index contributed by atoms with van der Waals surface area (Å²) in [5.74, 6) is 1.20. The lowest BCUT2D eigenvalue weighted by Crippen LogP contribution is -2.48. The Morgan fingerprint density at radius 2 is 2.00 bits per heavy atom. The van der Waals surface area contributed by atoms with Crippen LogP contribution in [-0.4, -0.2) is 64.7 Å². The number of piperidine rings is 1. The third-order valence-electron chi connectivity index (χ3n) is 6.70. The van der Waals surface area contributed by atoms with Gasteiger partial charge < -0.3 is 14.5 Å². The van der Waals surface area contributed by atoms with Crippen molar-refractivity contribution >= 4 is 23.2 Å². The number of aromatic nitrogens is 2. The van der Waals surface area contributed by atoms with Crippen molar-refractivity contribution in [3.63, 3.8) is 0 Å². The lowest BCUT2D eigenvalue weighted by Gasteiger charge is -2.40. The zero-order chi connectivity index (χ0) is 24.1. The van der Waals surface area contributed by atoms with E-state index in [1.807, 2.05) is 58.9 Å². The van der Waals surface area contributed by atoms with Gasteiger partial charge in [0.15, 0.2) is 0 Å². The predicted molar refractivity (Wildman–Crippen MR) is 133 cm³/mol. The van der Waals surface area contributed by atoms with Crippen molar-refractivity contribution in [1.29, 1.82) is 0 Å². The summed E-state index contributed by atoms with van der Waals surface area (Å²) < 4.78 is 7.06. The molecule has 1 aromatic carbocycles. The van der Waals surface area contributed by atoms with E-state index < -0.39 is 0 Å². The molecule has 7 nitrogen and oxygen atoms in total. The first-order valence-corrected chi connectivity index (χ1v) is 12.6.